The molecule has 8 heteroatoms. The predicted molar refractivity (Wildman–Crippen MR) is 106 cm³/mol. The van der Waals surface area contributed by atoms with Crippen molar-refractivity contribution in [2.75, 3.05) is 64.3 Å². The highest BCUT2D eigenvalue weighted by Crippen LogP contribution is 2.41. The van der Waals surface area contributed by atoms with Crippen molar-refractivity contribution in [2.45, 2.75) is 26.2 Å². The van der Waals surface area contributed by atoms with Crippen molar-refractivity contribution in [3.8, 4) is 0 Å². The number of carbonyl (C=O) groups is 2. The average molecular weight is 387 g/mol. The lowest BCUT2D eigenvalue weighted by Gasteiger charge is -2.39. The zero-order valence-corrected chi connectivity index (χ0v) is 16.9. The fourth-order valence-electron chi connectivity index (χ4n) is 4.60. The summed E-state index contributed by atoms with van der Waals surface area (Å²) < 4.78 is 0. The van der Waals surface area contributed by atoms with E-state index in [1.807, 2.05) is 16.7 Å². The first-order valence-electron chi connectivity index (χ1n) is 10.3. The monoisotopic (exact) mass is 386 g/mol. The molecule has 4 heterocycles. The number of amides is 2. The van der Waals surface area contributed by atoms with Crippen LogP contribution in [-0.4, -0.2) is 95.9 Å². The molecule has 152 valence electrons. The van der Waals surface area contributed by atoms with E-state index in [1.165, 1.54) is 0 Å². The number of anilines is 1. The normalized spacial score (nSPS) is 22.9. The molecular weight excluding hydrogens is 356 g/mol. The molecule has 3 fully saturated rings. The Bertz CT molecular complexity index is 738. The number of nitrogens with zero attached hydrogens (tertiary/aromatic N) is 6. The van der Waals surface area contributed by atoms with Crippen molar-refractivity contribution in [1.82, 2.24) is 24.7 Å². The molecule has 0 saturated carbocycles. The van der Waals surface area contributed by atoms with Gasteiger partial charge in [0.1, 0.15) is 11.5 Å². The van der Waals surface area contributed by atoms with E-state index in [-0.39, 0.29) is 17.2 Å². The van der Waals surface area contributed by atoms with Gasteiger partial charge in [-0.15, -0.1) is 0 Å². The highest BCUT2D eigenvalue weighted by molar-refractivity contribution is 5.92. The van der Waals surface area contributed by atoms with Gasteiger partial charge in [-0.05, 0) is 26.8 Å². The number of hydrogen-bond donors (Lipinski definition) is 0. The number of piperazine rings is 1. The van der Waals surface area contributed by atoms with E-state index in [2.05, 4.69) is 26.8 Å². The van der Waals surface area contributed by atoms with Crippen LogP contribution in [0, 0.1) is 5.41 Å². The van der Waals surface area contributed by atoms with Crippen molar-refractivity contribution in [3.05, 3.63) is 18.1 Å². The van der Waals surface area contributed by atoms with Crippen LogP contribution in [0.25, 0.3) is 0 Å². The third-order valence-corrected chi connectivity index (χ3v) is 6.57. The Kier molecular flexibility index (Phi) is 5.23. The first-order chi connectivity index (χ1) is 13.5. The molecule has 1 aromatic heterocycles. The van der Waals surface area contributed by atoms with E-state index in [4.69, 9.17) is 0 Å². The predicted octanol–water partition coefficient (Wildman–Crippen LogP) is 0.703. The SMILES string of the molecule is CCN1CC2(CCN(c3cncc(C(=O)N4CCN(C)CC4)n3)CC2)CC1=O. The summed E-state index contributed by atoms with van der Waals surface area (Å²) in [5.41, 5.74) is 0.542. The average Bonchev–Trinajstić information content (AvgIpc) is 3.03. The molecule has 28 heavy (non-hydrogen) atoms. The van der Waals surface area contributed by atoms with E-state index < -0.39 is 0 Å². The standard InChI is InChI=1S/C20H30N6O2/c1-3-24-15-20(12-18(24)27)4-6-25(7-5-20)17-14-21-13-16(22-17)19(28)26-10-8-23(2)9-11-26/h13-14H,3-12,15H2,1-2H3. The summed E-state index contributed by atoms with van der Waals surface area (Å²) >= 11 is 0. The summed E-state index contributed by atoms with van der Waals surface area (Å²) in [5.74, 6) is 1.03. The summed E-state index contributed by atoms with van der Waals surface area (Å²) in [7, 11) is 2.07. The van der Waals surface area contributed by atoms with Gasteiger partial charge in [0.2, 0.25) is 5.91 Å². The molecule has 3 aliphatic rings. The van der Waals surface area contributed by atoms with Crippen LogP contribution in [0.3, 0.4) is 0 Å². The fraction of sp³-hybridized carbons (Fsp3) is 0.700. The van der Waals surface area contributed by atoms with Crippen molar-refractivity contribution >= 4 is 17.6 Å². The molecule has 3 aliphatic heterocycles. The van der Waals surface area contributed by atoms with Gasteiger partial charge in [-0.25, -0.2) is 4.98 Å². The van der Waals surface area contributed by atoms with Crippen LogP contribution in [0.2, 0.25) is 0 Å². The van der Waals surface area contributed by atoms with Gasteiger partial charge in [0.05, 0.1) is 12.4 Å². The van der Waals surface area contributed by atoms with Crippen LogP contribution in [0.1, 0.15) is 36.7 Å². The fourth-order valence-corrected chi connectivity index (χ4v) is 4.60. The lowest BCUT2D eigenvalue weighted by molar-refractivity contribution is -0.127. The number of likely N-dealkylation sites (tertiary alicyclic amines) is 1. The van der Waals surface area contributed by atoms with Crippen molar-refractivity contribution in [1.29, 1.82) is 0 Å². The highest BCUT2D eigenvalue weighted by Gasteiger charge is 2.44. The Labute approximate surface area is 166 Å². The van der Waals surface area contributed by atoms with E-state index in [1.54, 1.807) is 12.4 Å². The summed E-state index contributed by atoms with van der Waals surface area (Å²) in [6, 6.07) is 0. The van der Waals surface area contributed by atoms with Crippen LogP contribution < -0.4 is 4.90 Å². The third kappa shape index (κ3) is 3.70. The molecule has 8 nitrogen and oxygen atoms in total. The Morgan fingerprint density at radius 1 is 1.11 bits per heavy atom. The molecule has 3 saturated heterocycles. The maximum absolute atomic E-state index is 12.8. The van der Waals surface area contributed by atoms with E-state index in [0.717, 1.165) is 71.0 Å². The maximum Gasteiger partial charge on any atom is 0.274 e. The van der Waals surface area contributed by atoms with Gasteiger partial charge in [0.15, 0.2) is 0 Å². The summed E-state index contributed by atoms with van der Waals surface area (Å²) in [5, 5.41) is 0. The zero-order valence-electron chi connectivity index (χ0n) is 16.9. The largest absolute Gasteiger partial charge is 0.355 e. The summed E-state index contributed by atoms with van der Waals surface area (Å²) in [4.78, 5) is 42.2. The lowest BCUT2D eigenvalue weighted by Crippen LogP contribution is -2.47. The van der Waals surface area contributed by atoms with E-state index >= 15 is 0 Å². The second-order valence-corrected chi connectivity index (χ2v) is 8.43. The lowest BCUT2D eigenvalue weighted by atomic mass is 9.77. The van der Waals surface area contributed by atoms with Gasteiger partial charge in [-0.1, -0.05) is 0 Å². The van der Waals surface area contributed by atoms with Gasteiger partial charge in [-0.3, -0.25) is 14.6 Å². The number of likely N-dealkylation sites (N-methyl/N-ethyl adjacent to an activating group) is 1. The second kappa shape index (κ2) is 7.66. The second-order valence-electron chi connectivity index (χ2n) is 8.43. The molecule has 2 amide bonds. The third-order valence-electron chi connectivity index (χ3n) is 6.57. The Balaban J connectivity index is 1.40. The zero-order chi connectivity index (χ0) is 19.7. The number of carbonyl (C=O) groups excluding carboxylic acids is 2. The van der Waals surface area contributed by atoms with Gasteiger partial charge in [0, 0.05) is 64.2 Å². The summed E-state index contributed by atoms with van der Waals surface area (Å²) in [6.07, 6.45) is 5.95. The number of piperidine rings is 1. The molecule has 0 aromatic carbocycles. The van der Waals surface area contributed by atoms with Crippen LogP contribution in [0.15, 0.2) is 12.4 Å². The number of hydrogen-bond acceptors (Lipinski definition) is 6. The molecule has 0 atom stereocenters. The van der Waals surface area contributed by atoms with Gasteiger partial charge in [-0.2, -0.15) is 0 Å². The van der Waals surface area contributed by atoms with E-state index in [9.17, 15) is 9.59 Å². The number of aromatic nitrogens is 2. The van der Waals surface area contributed by atoms with Crippen molar-refractivity contribution in [2.24, 2.45) is 5.41 Å². The van der Waals surface area contributed by atoms with Gasteiger partial charge < -0.3 is 19.6 Å². The quantitative estimate of drug-likeness (QED) is 0.762. The Morgan fingerprint density at radius 3 is 2.46 bits per heavy atom. The van der Waals surface area contributed by atoms with Crippen molar-refractivity contribution < 1.29 is 9.59 Å². The van der Waals surface area contributed by atoms with E-state index in [0.29, 0.717) is 12.1 Å². The summed E-state index contributed by atoms with van der Waals surface area (Å²) in [6.45, 7) is 8.67. The van der Waals surface area contributed by atoms with Crippen molar-refractivity contribution in [3.63, 3.8) is 0 Å². The minimum atomic E-state index is -0.0316. The molecule has 0 N–H and O–H groups in total. The topological polar surface area (TPSA) is 72.9 Å². The number of rotatable bonds is 3. The molecule has 0 aliphatic carbocycles. The molecule has 1 spiro atoms. The van der Waals surface area contributed by atoms with Gasteiger partial charge in [0.25, 0.3) is 5.91 Å². The highest BCUT2D eigenvalue weighted by atomic mass is 16.2. The first kappa shape index (κ1) is 19.1. The Morgan fingerprint density at radius 2 is 1.82 bits per heavy atom. The van der Waals surface area contributed by atoms with Crippen LogP contribution in [-0.2, 0) is 4.79 Å². The van der Waals surface area contributed by atoms with Crippen LogP contribution in [0.5, 0.6) is 0 Å². The Hall–Kier alpha value is -2.22. The molecular formula is C20H30N6O2. The first-order valence-corrected chi connectivity index (χ1v) is 10.3. The molecule has 0 radical (unpaired) electrons. The molecule has 4 rings (SSSR count). The molecule has 1 aromatic rings. The minimum absolute atomic E-state index is 0.0316. The van der Waals surface area contributed by atoms with Crippen LogP contribution in [0.4, 0.5) is 5.82 Å². The van der Waals surface area contributed by atoms with Crippen LogP contribution >= 0.6 is 0 Å². The maximum atomic E-state index is 12.8. The molecule has 0 bridgehead atoms. The smallest absolute Gasteiger partial charge is 0.274 e. The minimum Gasteiger partial charge on any atom is -0.355 e. The molecule has 0 unspecified atom stereocenters. The van der Waals surface area contributed by atoms with Gasteiger partial charge >= 0.3 is 0 Å².